The SMILES string of the molecule is CNc1nc(-c2cc(C)c(C)cc2C)nc(C)c1I. The van der Waals surface area contributed by atoms with Crippen molar-refractivity contribution in [2.24, 2.45) is 0 Å². The third kappa shape index (κ3) is 2.73. The van der Waals surface area contributed by atoms with E-state index in [9.17, 15) is 0 Å². The van der Waals surface area contributed by atoms with Crippen molar-refractivity contribution in [3.63, 3.8) is 0 Å². The number of benzene rings is 1. The lowest BCUT2D eigenvalue weighted by Crippen LogP contribution is -2.03. The monoisotopic (exact) mass is 367 g/mol. The lowest BCUT2D eigenvalue weighted by molar-refractivity contribution is 1.08. The molecule has 1 N–H and O–H groups in total. The maximum Gasteiger partial charge on any atom is 0.162 e. The molecule has 0 spiro atoms. The Kier molecular flexibility index (Phi) is 4.08. The molecule has 19 heavy (non-hydrogen) atoms. The summed E-state index contributed by atoms with van der Waals surface area (Å²) in [6.45, 7) is 8.38. The van der Waals surface area contributed by atoms with E-state index in [0.717, 1.165) is 26.5 Å². The molecule has 0 saturated heterocycles. The molecule has 0 unspecified atom stereocenters. The summed E-state index contributed by atoms with van der Waals surface area (Å²) in [5.74, 6) is 1.68. The second-order valence-electron chi connectivity index (χ2n) is 4.80. The van der Waals surface area contributed by atoms with Crippen molar-refractivity contribution in [2.75, 3.05) is 12.4 Å². The second kappa shape index (κ2) is 5.45. The van der Waals surface area contributed by atoms with Crippen molar-refractivity contribution in [3.05, 3.63) is 38.1 Å². The second-order valence-corrected chi connectivity index (χ2v) is 5.88. The van der Waals surface area contributed by atoms with Crippen LogP contribution in [0.25, 0.3) is 11.4 Å². The maximum atomic E-state index is 4.62. The number of anilines is 1. The van der Waals surface area contributed by atoms with Crippen molar-refractivity contribution in [1.82, 2.24) is 9.97 Å². The molecule has 0 atom stereocenters. The van der Waals surface area contributed by atoms with E-state index in [1.54, 1.807) is 0 Å². The Hall–Kier alpha value is -1.17. The zero-order valence-corrected chi connectivity index (χ0v) is 14.1. The quantitative estimate of drug-likeness (QED) is 0.815. The van der Waals surface area contributed by atoms with E-state index in [4.69, 9.17) is 0 Å². The molecule has 0 aliphatic carbocycles. The van der Waals surface area contributed by atoms with Gasteiger partial charge in [-0.15, -0.1) is 0 Å². The molecule has 0 bridgehead atoms. The van der Waals surface area contributed by atoms with E-state index < -0.39 is 0 Å². The molecule has 0 aliphatic heterocycles. The molecule has 0 saturated carbocycles. The molecule has 4 heteroatoms. The molecule has 100 valence electrons. The molecule has 3 nitrogen and oxygen atoms in total. The number of aryl methyl sites for hydroxylation is 4. The smallest absolute Gasteiger partial charge is 0.162 e. The van der Waals surface area contributed by atoms with Gasteiger partial charge in [-0.3, -0.25) is 0 Å². The standard InChI is InChI=1S/C15H18IN3/c1-8-6-10(3)12(7-9(8)2)14-18-11(4)13(16)15(17-5)19-14/h6-7H,1-5H3,(H,17,18,19). The average molecular weight is 367 g/mol. The minimum Gasteiger partial charge on any atom is -0.372 e. The van der Waals surface area contributed by atoms with Crippen molar-refractivity contribution < 1.29 is 0 Å². The lowest BCUT2D eigenvalue weighted by atomic mass is 10.0. The van der Waals surface area contributed by atoms with Crippen molar-refractivity contribution in [1.29, 1.82) is 0 Å². The van der Waals surface area contributed by atoms with Crippen LogP contribution in [-0.2, 0) is 0 Å². The molecule has 0 aliphatic rings. The third-order valence-electron chi connectivity index (χ3n) is 3.34. The first-order valence-corrected chi connectivity index (χ1v) is 7.32. The van der Waals surface area contributed by atoms with E-state index in [0.29, 0.717) is 0 Å². The Morgan fingerprint density at radius 3 is 2.21 bits per heavy atom. The average Bonchev–Trinajstić information content (AvgIpc) is 2.37. The van der Waals surface area contributed by atoms with Crippen LogP contribution < -0.4 is 5.32 Å². The van der Waals surface area contributed by atoms with E-state index in [-0.39, 0.29) is 0 Å². The van der Waals surface area contributed by atoms with Crippen LogP contribution in [0.1, 0.15) is 22.4 Å². The van der Waals surface area contributed by atoms with Gasteiger partial charge in [0.25, 0.3) is 0 Å². The van der Waals surface area contributed by atoms with Crippen LogP contribution in [0.4, 0.5) is 5.82 Å². The zero-order chi connectivity index (χ0) is 14.2. The van der Waals surface area contributed by atoms with Crippen LogP contribution in [0.3, 0.4) is 0 Å². The summed E-state index contributed by atoms with van der Waals surface area (Å²) in [6.07, 6.45) is 0. The molecule has 0 fully saturated rings. The van der Waals surface area contributed by atoms with Crippen LogP contribution in [0.2, 0.25) is 0 Å². The summed E-state index contributed by atoms with van der Waals surface area (Å²) >= 11 is 2.27. The highest BCUT2D eigenvalue weighted by molar-refractivity contribution is 14.1. The van der Waals surface area contributed by atoms with Gasteiger partial charge in [0.1, 0.15) is 5.82 Å². The number of aromatic nitrogens is 2. The fourth-order valence-electron chi connectivity index (χ4n) is 2.05. The highest BCUT2D eigenvalue weighted by Gasteiger charge is 2.12. The molecular weight excluding hydrogens is 349 g/mol. The highest BCUT2D eigenvalue weighted by atomic mass is 127. The number of nitrogens with zero attached hydrogens (tertiary/aromatic N) is 2. The predicted octanol–water partition coefficient (Wildman–Crippen LogP) is 4.02. The molecule has 1 aromatic heterocycles. The van der Waals surface area contributed by atoms with E-state index in [1.807, 2.05) is 14.0 Å². The fourth-order valence-corrected chi connectivity index (χ4v) is 2.56. The Bertz CT molecular complexity index is 636. The fraction of sp³-hybridized carbons (Fsp3) is 0.333. The minimum atomic E-state index is 0.794. The van der Waals surface area contributed by atoms with Gasteiger partial charge in [-0.05, 0) is 73.0 Å². The van der Waals surface area contributed by atoms with Gasteiger partial charge in [-0.2, -0.15) is 0 Å². The van der Waals surface area contributed by atoms with Crippen molar-refractivity contribution in [3.8, 4) is 11.4 Å². The Labute approximate surface area is 128 Å². The van der Waals surface area contributed by atoms with Gasteiger partial charge in [0, 0.05) is 12.6 Å². The Morgan fingerprint density at radius 2 is 1.58 bits per heavy atom. The summed E-state index contributed by atoms with van der Waals surface area (Å²) < 4.78 is 1.07. The van der Waals surface area contributed by atoms with Crippen LogP contribution in [0.15, 0.2) is 12.1 Å². The molecule has 2 rings (SSSR count). The topological polar surface area (TPSA) is 37.8 Å². The van der Waals surface area contributed by atoms with E-state index >= 15 is 0 Å². The Balaban J connectivity index is 2.65. The van der Waals surface area contributed by atoms with Gasteiger partial charge in [0.2, 0.25) is 0 Å². The molecule has 2 aromatic rings. The predicted molar refractivity (Wildman–Crippen MR) is 88.7 cm³/mol. The van der Waals surface area contributed by atoms with Crippen molar-refractivity contribution in [2.45, 2.75) is 27.7 Å². The van der Waals surface area contributed by atoms with Crippen LogP contribution in [0.5, 0.6) is 0 Å². The number of hydrogen-bond donors (Lipinski definition) is 1. The minimum absolute atomic E-state index is 0.794. The Morgan fingerprint density at radius 1 is 0.947 bits per heavy atom. The lowest BCUT2D eigenvalue weighted by Gasteiger charge is -2.12. The van der Waals surface area contributed by atoms with Gasteiger partial charge < -0.3 is 5.32 Å². The number of nitrogens with one attached hydrogen (secondary N) is 1. The summed E-state index contributed by atoms with van der Waals surface area (Å²) in [5, 5.41) is 3.13. The van der Waals surface area contributed by atoms with Crippen LogP contribution in [-0.4, -0.2) is 17.0 Å². The van der Waals surface area contributed by atoms with Gasteiger partial charge in [0.05, 0.1) is 9.26 Å². The number of hydrogen-bond acceptors (Lipinski definition) is 3. The number of halogens is 1. The highest BCUT2D eigenvalue weighted by Crippen LogP contribution is 2.27. The van der Waals surface area contributed by atoms with Gasteiger partial charge >= 0.3 is 0 Å². The van der Waals surface area contributed by atoms with Crippen LogP contribution >= 0.6 is 22.6 Å². The van der Waals surface area contributed by atoms with Gasteiger partial charge in [-0.25, -0.2) is 9.97 Å². The van der Waals surface area contributed by atoms with Crippen LogP contribution in [0, 0.1) is 31.3 Å². The largest absolute Gasteiger partial charge is 0.372 e. The summed E-state index contributed by atoms with van der Waals surface area (Å²) in [7, 11) is 1.89. The summed E-state index contributed by atoms with van der Waals surface area (Å²) in [5.41, 5.74) is 5.90. The van der Waals surface area contributed by atoms with Crippen molar-refractivity contribution >= 4 is 28.4 Å². The first kappa shape index (κ1) is 14.2. The summed E-state index contributed by atoms with van der Waals surface area (Å²) in [4.78, 5) is 9.25. The molecule has 0 amide bonds. The first-order chi connectivity index (χ1) is 8.93. The maximum absolute atomic E-state index is 4.62. The zero-order valence-electron chi connectivity index (χ0n) is 11.9. The molecule has 0 radical (unpaired) electrons. The number of rotatable bonds is 2. The van der Waals surface area contributed by atoms with E-state index in [2.05, 4.69) is 70.8 Å². The molecule has 1 heterocycles. The summed E-state index contributed by atoms with van der Waals surface area (Å²) in [6, 6.07) is 4.37. The first-order valence-electron chi connectivity index (χ1n) is 6.24. The van der Waals surface area contributed by atoms with Gasteiger partial charge in [0.15, 0.2) is 5.82 Å². The molecular formula is C15H18IN3. The molecule has 1 aromatic carbocycles. The third-order valence-corrected chi connectivity index (χ3v) is 4.63. The normalized spacial score (nSPS) is 10.6. The van der Waals surface area contributed by atoms with E-state index in [1.165, 1.54) is 16.7 Å². The van der Waals surface area contributed by atoms with Gasteiger partial charge in [-0.1, -0.05) is 6.07 Å².